The SMILES string of the molecule is CC1CC1(N)CCC1CC1. The molecule has 2 N–H and O–H groups in total. The Hall–Kier alpha value is -0.0400. The van der Waals surface area contributed by atoms with E-state index < -0.39 is 0 Å². The van der Waals surface area contributed by atoms with Crippen molar-refractivity contribution >= 4 is 0 Å². The molecule has 0 radical (unpaired) electrons. The van der Waals surface area contributed by atoms with E-state index in [1.165, 1.54) is 32.1 Å². The molecule has 0 aromatic rings. The van der Waals surface area contributed by atoms with E-state index in [4.69, 9.17) is 5.73 Å². The summed E-state index contributed by atoms with van der Waals surface area (Å²) in [6, 6.07) is 0. The normalized spacial score (nSPS) is 45.6. The maximum Gasteiger partial charge on any atom is 0.0184 e. The summed E-state index contributed by atoms with van der Waals surface area (Å²) < 4.78 is 0. The second kappa shape index (κ2) is 1.97. The van der Waals surface area contributed by atoms with Crippen molar-refractivity contribution < 1.29 is 0 Å². The number of hydrogen-bond donors (Lipinski definition) is 1. The van der Waals surface area contributed by atoms with Gasteiger partial charge in [0.15, 0.2) is 0 Å². The molecule has 2 unspecified atom stereocenters. The lowest BCUT2D eigenvalue weighted by Gasteiger charge is -2.07. The minimum absolute atomic E-state index is 0.280. The van der Waals surface area contributed by atoms with Gasteiger partial charge in [-0.15, -0.1) is 0 Å². The van der Waals surface area contributed by atoms with E-state index in [1.807, 2.05) is 0 Å². The molecule has 0 aromatic heterocycles. The molecule has 1 heteroatoms. The zero-order valence-electron chi connectivity index (χ0n) is 6.77. The maximum absolute atomic E-state index is 6.07. The molecule has 0 spiro atoms. The Kier molecular flexibility index (Phi) is 1.31. The highest BCUT2D eigenvalue weighted by molar-refractivity contribution is 5.05. The van der Waals surface area contributed by atoms with Gasteiger partial charge in [-0.25, -0.2) is 0 Å². The third-order valence-electron chi connectivity index (χ3n) is 3.22. The van der Waals surface area contributed by atoms with Crippen molar-refractivity contribution in [2.24, 2.45) is 17.6 Å². The Labute approximate surface area is 63.0 Å². The molecule has 0 heterocycles. The van der Waals surface area contributed by atoms with Gasteiger partial charge in [-0.05, 0) is 31.1 Å². The van der Waals surface area contributed by atoms with Gasteiger partial charge in [0.25, 0.3) is 0 Å². The summed E-state index contributed by atoms with van der Waals surface area (Å²) >= 11 is 0. The van der Waals surface area contributed by atoms with E-state index in [9.17, 15) is 0 Å². The van der Waals surface area contributed by atoms with Crippen LogP contribution in [0.1, 0.15) is 39.0 Å². The molecule has 2 saturated carbocycles. The molecule has 2 rings (SSSR count). The van der Waals surface area contributed by atoms with Gasteiger partial charge in [-0.2, -0.15) is 0 Å². The van der Waals surface area contributed by atoms with Gasteiger partial charge in [0.1, 0.15) is 0 Å². The second-order valence-electron chi connectivity index (χ2n) is 4.32. The summed E-state index contributed by atoms with van der Waals surface area (Å²) in [5, 5.41) is 0. The highest BCUT2D eigenvalue weighted by atomic mass is 14.8. The van der Waals surface area contributed by atoms with Gasteiger partial charge >= 0.3 is 0 Å². The largest absolute Gasteiger partial charge is 0.325 e. The summed E-state index contributed by atoms with van der Waals surface area (Å²) in [5.41, 5.74) is 6.35. The highest BCUT2D eigenvalue weighted by Gasteiger charge is 2.47. The Morgan fingerprint density at radius 2 is 2.10 bits per heavy atom. The van der Waals surface area contributed by atoms with E-state index in [2.05, 4.69) is 6.92 Å². The summed E-state index contributed by atoms with van der Waals surface area (Å²) in [4.78, 5) is 0. The molecule has 0 bridgehead atoms. The van der Waals surface area contributed by atoms with Crippen molar-refractivity contribution in [3.8, 4) is 0 Å². The molecule has 0 saturated heterocycles. The average Bonchev–Trinajstić information content (AvgIpc) is 2.70. The fraction of sp³-hybridized carbons (Fsp3) is 1.00. The summed E-state index contributed by atoms with van der Waals surface area (Å²) in [5.74, 6) is 1.87. The van der Waals surface area contributed by atoms with Crippen molar-refractivity contribution in [1.29, 1.82) is 0 Å². The minimum Gasteiger partial charge on any atom is -0.325 e. The lowest BCUT2D eigenvalue weighted by Crippen LogP contribution is -2.24. The standard InChI is InChI=1S/C9H17N/c1-7-6-9(7,10)5-4-8-2-3-8/h7-8H,2-6,10H2,1H3. The Balaban J connectivity index is 1.69. The summed E-state index contributed by atoms with van der Waals surface area (Å²) in [6.07, 6.45) is 6.92. The predicted octanol–water partition coefficient (Wildman–Crippen LogP) is 1.91. The fourth-order valence-corrected chi connectivity index (χ4v) is 1.74. The second-order valence-corrected chi connectivity index (χ2v) is 4.32. The van der Waals surface area contributed by atoms with E-state index in [0.717, 1.165) is 11.8 Å². The van der Waals surface area contributed by atoms with Crippen molar-refractivity contribution in [2.75, 3.05) is 0 Å². The topological polar surface area (TPSA) is 26.0 Å². The molecule has 2 aliphatic carbocycles. The first-order chi connectivity index (χ1) is 4.71. The average molecular weight is 139 g/mol. The van der Waals surface area contributed by atoms with Gasteiger partial charge in [0, 0.05) is 5.54 Å². The van der Waals surface area contributed by atoms with Crippen LogP contribution in [0.3, 0.4) is 0 Å². The fourth-order valence-electron chi connectivity index (χ4n) is 1.74. The van der Waals surface area contributed by atoms with E-state index in [-0.39, 0.29) is 5.54 Å². The predicted molar refractivity (Wildman–Crippen MR) is 42.7 cm³/mol. The quantitative estimate of drug-likeness (QED) is 0.635. The first-order valence-corrected chi connectivity index (χ1v) is 4.49. The van der Waals surface area contributed by atoms with E-state index in [0.29, 0.717) is 0 Å². The number of rotatable bonds is 3. The van der Waals surface area contributed by atoms with Crippen molar-refractivity contribution in [3.63, 3.8) is 0 Å². The molecule has 0 aromatic carbocycles. The van der Waals surface area contributed by atoms with Crippen LogP contribution in [0.2, 0.25) is 0 Å². The van der Waals surface area contributed by atoms with Crippen LogP contribution < -0.4 is 5.73 Å². The first-order valence-electron chi connectivity index (χ1n) is 4.49. The monoisotopic (exact) mass is 139 g/mol. The molecule has 1 nitrogen and oxygen atoms in total. The van der Waals surface area contributed by atoms with Crippen LogP contribution in [-0.2, 0) is 0 Å². The summed E-state index contributed by atoms with van der Waals surface area (Å²) in [7, 11) is 0. The number of nitrogens with two attached hydrogens (primary N) is 1. The molecule has 2 fully saturated rings. The minimum atomic E-state index is 0.280. The third-order valence-corrected chi connectivity index (χ3v) is 3.22. The van der Waals surface area contributed by atoms with Gasteiger partial charge in [0.05, 0.1) is 0 Å². The molecular formula is C9H17N. The van der Waals surface area contributed by atoms with Crippen molar-refractivity contribution in [2.45, 2.75) is 44.6 Å². The van der Waals surface area contributed by atoms with Crippen LogP contribution in [0.25, 0.3) is 0 Å². The van der Waals surface area contributed by atoms with Crippen LogP contribution in [-0.4, -0.2) is 5.54 Å². The molecular weight excluding hydrogens is 122 g/mol. The van der Waals surface area contributed by atoms with E-state index >= 15 is 0 Å². The van der Waals surface area contributed by atoms with Crippen LogP contribution in [0, 0.1) is 11.8 Å². The molecule has 10 heavy (non-hydrogen) atoms. The van der Waals surface area contributed by atoms with Gasteiger partial charge in [0.2, 0.25) is 0 Å². The molecule has 2 aliphatic rings. The van der Waals surface area contributed by atoms with Crippen LogP contribution in [0.5, 0.6) is 0 Å². The lowest BCUT2D eigenvalue weighted by atomic mass is 10.1. The van der Waals surface area contributed by atoms with Crippen molar-refractivity contribution in [1.82, 2.24) is 0 Å². The Morgan fingerprint density at radius 1 is 1.50 bits per heavy atom. The summed E-state index contributed by atoms with van der Waals surface area (Å²) in [6.45, 7) is 2.27. The molecule has 0 amide bonds. The third kappa shape index (κ3) is 1.20. The zero-order valence-corrected chi connectivity index (χ0v) is 6.77. The Bertz CT molecular complexity index is 140. The van der Waals surface area contributed by atoms with Crippen LogP contribution >= 0.6 is 0 Å². The zero-order chi connectivity index (χ0) is 7.19. The van der Waals surface area contributed by atoms with E-state index in [1.54, 1.807) is 0 Å². The van der Waals surface area contributed by atoms with Gasteiger partial charge in [-0.1, -0.05) is 19.8 Å². The Morgan fingerprint density at radius 3 is 2.50 bits per heavy atom. The van der Waals surface area contributed by atoms with Gasteiger partial charge < -0.3 is 5.73 Å². The van der Waals surface area contributed by atoms with Crippen LogP contribution in [0.4, 0.5) is 0 Å². The maximum atomic E-state index is 6.07. The van der Waals surface area contributed by atoms with Gasteiger partial charge in [-0.3, -0.25) is 0 Å². The van der Waals surface area contributed by atoms with Crippen LogP contribution in [0.15, 0.2) is 0 Å². The molecule has 2 atom stereocenters. The number of hydrogen-bond acceptors (Lipinski definition) is 1. The smallest absolute Gasteiger partial charge is 0.0184 e. The first kappa shape index (κ1) is 6.66. The molecule has 0 aliphatic heterocycles. The van der Waals surface area contributed by atoms with Crippen molar-refractivity contribution in [3.05, 3.63) is 0 Å². The lowest BCUT2D eigenvalue weighted by molar-refractivity contribution is 0.515. The highest BCUT2D eigenvalue weighted by Crippen LogP contribution is 2.46. The molecule has 58 valence electrons.